The summed E-state index contributed by atoms with van der Waals surface area (Å²) < 4.78 is 0.957. The highest BCUT2D eigenvalue weighted by Gasteiger charge is 2.10. The minimum Gasteiger partial charge on any atom is -0.374 e. The van der Waals surface area contributed by atoms with E-state index in [0.29, 0.717) is 5.13 Å². The molecule has 0 amide bonds. The minimum absolute atomic E-state index is 0.463. The molecule has 0 aliphatic carbocycles. The first-order valence-corrected chi connectivity index (χ1v) is 5.44. The topological polar surface area (TPSA) is 64.7 Å². The van der Waals surface area contributed by atoms with Crippen molar-refractivity contribution in [3.8, 4) is 10.7 Å². The van der Waals surface area contributed by atoms with Gasteiger partial charge in [0.2, 0.25) is 5.13 Å². The number of hydrogen-bond acceptors (Lipinski definition) is 6. The fourth-order valence-corrected chi connectivity index (χ4v) is 2.56. The molecule has 0 aromatic carbocycles. The fourth-order valence-electron chi connectivity index (χ4n) is 0.701. The van der Waals surface area contributed by atoms with Gasteiger partial charge < -0.3 is 5.73 Å². The summed E-state index contributed by atoms with van der Waals surface area (Å²) in [7, 11) is 0. The summed E-state index contributed by atoms with van der Waals surface area (Å²) >= 11 is 6.21. The second-order valence-corrected chi connectivity index (χ2v) is 5.10. The van der Waals surface area contributed by atoms with Gasteiger partial charge in [-0.25, -0.2) is 4.98 Å². The van der Waals surface area contributed by atoms with E-state index in [1.165, 1.54) is 22.7 Å². The lowest BCUT2D eigenvalue weighted by molar-refractivity contribution is 1.10. The maximum absolute atomic E-state index is 5.44. The van der Waals surface area contributed by atoms with Crippen LogP contribution in [0.2, 0.25) is 0 Å². The van der Waals surface area contributed by atoms with E-state index in [1.807, 2.05) is 0 Å². The highest BCUT2D eigenvalue weighted by molar-refractivity contribution is 9.11. The summed E-state index contributed by atoms with van der Waals surface area (Å²) in [6.07, 6.45) is 0. The third-order valence-electron chi connectivity index (χ3n) is 1.17. The zero-order chi connectivity index (χ0) is 8.55. The number of nitrogens with zero attached hydrogens (tertiary/aromatic N) is 3. The second-order valence-electron chi connectivity index (χ2n) is 1.92. The average Bonchev–Trinajstić information content (AvgIpc) is 2.58. The minimum atomic E-state index is 0.463. The molecule has 2 rings (SSSR count). The normalized spacial score (nSPS) is 10.4. The zero-order valence-electron chi connectivity index (χ0n) is 5.69. The fraction of sp³-hybridized carbons (Fsp3) is 0. The predicted octanol–water partition coefficient (Wildman–Crippen LogP) is 2.01. The van der Waals surface area contributed by atoms with Gasteiger partial charge in [-0.05, 0) is 15.9 Å². The van der Waals surface area contributed by atoms with Crippen LogP contribution in [0.3, 0.4) is 0 Å². The van der Waals surface area contributed by atoms with Gasteiger partial charge in [0.05, 0.1) is 5.51 Å². The molecule has 0 bridgehead atoms. The summed E-state index contributed by atoms with van der Waals surface area (Å²) in [5.41, 5.74) is 8.00. The first kappa shape index (κ1) is 8.09. The Kier molecular flexibility index (Phi) is 2.07. The maximum atomic E-state index is 5.44. The molecule has 2 heterocycles. The third kappa shape index (κ3) is 1.35. The molecule has 2 N–H and O–H groups in total. The lowest BCUT2D eigenvalue weighted by Crippen LogP contribution is -1.80. The number of rotatable bonds is 1. The van der Waals surface area contributed by atoms with Gasteiger partial charge >= 0.3 is 0 Å². The predicted molar refractivity (Wildman–Crippen MR) is 53.1 cm³/mol. The van der Waals surface area contributed by atoms with Gasteiger partial charge in [-0.2, -0.15) is 0 Å². The molecule has 2 aromatic rings. The van der Waals surface area contributed by atoms with E-state index in [0.717, 1.165) is 14.5 Å². The lowest BCUT2D eigenvalue weighted by Gasteiger charge is -1.85. The Labute approximate surface area is 84.6 Å². The van der Waals surface area contributed by atoms with Crippen molar-refractivity contribution in [1.82, 2.24) is 15.2 Å². The largest absolute Gasteiger partial charge is 0.374 e. The van der Waals surface area contributed by atoms with Crippen LogP contribution < -0.4 is 5.73 Å². The molecular weight excluding hydrogens is 260 g/mol. The van der Waals surface area contributed by atoms with Gasteiger partial charge in [-0.3, -0.25) is 0 Å². The van der Waals surface area contributed by atoms with Gasteiger partial charge in [0, 0.05) is 0 Å². The van der Waals surface area contributed by atoms with E-state index < -0.39 is 0 Å². The number of hydrogen-bond donors (Lipinski definition) is 1. The van der Waals surface area contributed by atoms with Crippen molar-refractivity contribution in [2.24, 2.45) is 0 Å². The molecule has 7 heteroatoms. The van der Waals surface area contributed by atoms with E-state index >= 15 is 0 Å². The van der Waals surface area contributed by atoms with E-state index in [9.17, 15) is 0 Å². The molecular formula is C5H3BrN4S2. The molecule has 0 fully saturated rings. The summed E-state index contributed by atoms with van der Waals surface area (Å²) in [4.78, 5) is 4.12. The monoisotopic (exact) mass is 262 g/mol. The SMILES string of the molecule is Nc1nnc(-c2ncsc2Br)s1. The Hall–Kier alpha value is -0.530. The third-order valence-corrected chi connectivity index (χ3v) is 3.47. The quantitative estimate of drug-likeness (QED) is 0.854. The van der Waals surface area contributed by atoms with Crippen LogP contribution in [0.1, 0.15) is 0 Å². The number of halogens is 1. The van der Waals surface area contributed by atoms with Crippen LogP contribution >= 0.6 is 38.6 Å². The smallest absolute Gasteiger partial charge is 0.203 e. The van der Waals surface area contributed by atoms with Crippen molar-refractivity contribution in [3.05, 3.63) is 9.30 Å². The molecule has 0 radical (unpaired) electrons. The number of thiazole rings is 1. The Bertz CT molecular complexity index is 396. The van der Waals surface area contributed by atoms with Gasteiger partial charge in [0.25, 0.3) is 0 Å². The van der Waals surface area contributed by atoms with Crippen LogP contribution in [-0.2, 0) is 0 Å². The van der Waals surface area contributed by atoms with Crippen LogP contribution in [0.25, 0.3) is 10.7 Å². The number of nitrogens with two attached hydrogens (primary N) is 1. The van der Waals surface area contributed by atoms with Crippen molar-refractivity contribution in [2.75, 3.05) is 5.73 Å². The van der Waals surface area contributed by atoms with Crippen LogP contribution in [-0.4, -0.2) is 15.2 Å². The van der Waals surface area contributed by atoms with E-state index in [-0.39, 0.29) is 0 Å². The number of aromatic nitrogens is 3. The van der Waals surface area contributed by atoms with Crippen molar-refractivity contribution in [2.45, 2.75) is 0 Å². The number of nitrogen functional groups attached to an aromatic ring is 1. The van der Waals surface area contributed by atoms with E-state index in [2.05, 4.69) is 31.1 Å². The van der Waals surface area contributed by atoms with Crippen molar-refractivity contribution >= 4 is 43.7 Å². The number of anilines is 1. The summed E-state index contributed by atoms with van der Waals surface area (Å²) in [6, 6.07) is 0. The molecule has 0 aliphatic heterocycles. The Morgan fingerprint density at radius 2 is 2.25 bits per heavy atom. The molecule has 0 saturated heterocycles. The summed E-state index contributed by atoms with van der Waals surface area (Å²) in [5.74, 6) is 0. The van der Waals surface area contributed by atoms with Crippen LogP contribution in [0.4, 0.5) is 5.13 Å². The zero-order valence-corrected chi connectivity index (χ0v) is 8.91. The highest BCUT2D eigenvalue weighted by Crippen LogP contribution is 2.32. The Morgan fingerprint density at radius 1 is 1.42 bits per heavy atom. The molecule has 12 heavy (non-hydrogen) atoms. The molecule has 2 aromatic heterocycles. The highest BCUT2D eigenvalue weighted by atomic mass is 79.9. The van der Waals surface area contributed by atoms with Crippen LogP contribution in [0.15, 0.2) is 9.30 Å². The van der Waals surface area contributed by atoms with Crippen LogP contribution in [0.5, 0.6) is 0 Å². The molecule has 0 spiro atoms. The van der Waals surface area contributed by atoms with Crippen LogP contribution in [0, 0.1) is 0 Å². The standard InChI is InChI=1S/C5H3BrN4S2/c6-3-2(8-1-11-3)4-9-10-5(7)12-4/h1H,(H2,7,10). The lowest BCUT2D eigenvalue weighted by atomic mass is 10.5. The Balaban J connectivity index is 2.50. The van der Waals surface area contributed by atoms with Gasteiger partial charge in [-0.15, -0.1) is 21.5 Å². The molecule has 0 atom stereocenters. The molecule has 0 unspecified atom stereocenters. The van der Waals surface area contributed by atoms with Crippen molar-refractivity contribution in [1.29, 1.82) is 0 Å². The molecule has 0 saturated carbocycles. The summed E-state index contributed by atoms with van der Waals surface area (Å²) in [5, 5.41) is 8.79. The van der Waals surface area contributed by atoms with E-state index in [4.69, 9.17) is 5.73 Å². The second kappa shape index (κ2) is 3.08. The van der Waals surface area contributed by atoms with Gasteiger partial charge in [0.1, 0.15) is 9.48 Å². The molecule has 4 nitrogen and oxygen atoms in total. The first-order chi connectivity index (χ1) is 5.77. The molecule has 62 valence electrons. The summed E-state index contributed by atoms with van der Waals surface area (Å²) in [6.45, 7) is 0. The first-order valence-electron chi connectivity index (χ1n) is 2.95. The van der Waals surface area contributed by atoms with Crippen molar-refractivity contribution in [3.63, 3.8) is 0 Å². The average molecular weight is 263 g/mol. The maximum Gasteiger partial charge on any atom is 0.203 e. The van der Waals surface area contributed by atoms with Gasteiger partial charge in [-0.1, -0.05) is 11.3 Å². The molecule has 0 aliphatic rings. The van der Waals surface area contributed by atoms with Crippen molar-refractivity contribution < 1.29 is 0 Å². The Morgan fingerprint density at radius 3 is 2.75 bits per heavy atom. The van der Waals surface area contributed by atoms with E-state index in [1.54, 1.807) is 5.51 Å². The van der Waals surface area contributed by atoms with Gasteiger partial charge in [0.15, 0.2) is 5.01 Å².